The Morgan fingerprint density at radius 2 is 1.86 bits per heavy atom. The van der Waals surface area contributed by atoms with E-state index in [0.717, 1.165) is 36.9 Å². The summed E-state index contributed by atoms with van der Waals surface area (Å²) in [5.74, 6) is 1.54. The molecule has 0 aliphatic heterocycles. The molecule has 0 unspecified atom stereocenters. The summed E-state index contributed by atoms with van der Waals surface area (Å²) in [5, 5.41) is 3.03. The molecule has 124 valence electrons. The lowest BCUT2D eigenvalue weighted by molar-refractivity contribution is 0.0948. The Hall–Kier alpha value is -1.29. The predicted octanol–water partition coefficient (Wildman–Crippen LogP) is 3.59. The molecule has 1 aliphatic rings. The molecular weight excluding hydrogens is 276 g/mol. The quantitative estimate of drug-likeness (QED) is 0.817. The van der Waals surface area contributed by atoms with Crippen molar-refractivity contribution in [2.75, 3.05) is 20.1 Å². The molecule has 0 aromatic carbocycles. The first kappa shape index (κ1) is 17.1. The fraction of sp³-hybridized carbons (Fsp3) is 0.722. The number of rotatable bonds is 6. The van der Waals surface area contributed by atoms with Crippen LogP contribution in [0.25, 0.3) is 0 Å². The van der Waals surface area contributed by atoms with Crippen LogP contribution in [0.3, 0.4) is 0 Å². The van der Waals surface area contributed by atoms with Crippen LogP contribution in [-0.2, 0) is 0 Å². The molecule has 0 saturated heterocycles. The average Bonchev–Trinajstić information content (AvgIpc) is 2.77. The molecular formula is C18H30N2O2. The zero-order valence-corrected chi connectivity index (χ0v) is 14.5. The van der Waals surface area contributed by atoms with Crippen molar-refractivity contribution in [3.05, 3.63) is 22.6 Å². The van der Waals surface area contributed by atoms with E-state index < -0.39 is 0 Å². The number of hydrogen-bond donors (Lipinski definition) is 1. The summed E-state index contributed by atoms with van der Waals surface area (Å²) in [6.45, 7) is 7.47. The van der Waals surface area contributed by atoms with E-state index in [4.69, 9.17) is 4.42 Å². The Morgan fingerprint density at radius 1 is 1.18 bits per heavy atom. The number of aryl methyl sites for hydroxylation is 2. The fourth-order valence-corrected chi connectivity index (χ4v) is 3.45. The monoisotopic (exact) mass is 306 g/mol. The third-order valence-electron chi connectivity index (χ3n) is 4.96. The highest BCUT2D eigenvalue weighted by atomic mass is 16.3. The Kier molecular flexibility index (Phi) is 6.07. The molecule has 2 rings (SSSR count). The third kappa shape index (κ3) is 4.13. The Morgan fingerprint density at radius 3 is 2.45 bits per heavy atom. The lowest BCUT2D eigenvalue weighted by atomic mass is 9.94. The molecule has 1 N–H and O–H groups in total. The normalized spacial score (nSPS) is 16.2. The lowest BCUT2D eigenvalue weighted by Gasteiger charge is -2.31. The Bertz CT molecular complexity index is 501. The van der Waals surface area contributed by atoms with Gasteiger partial charge in [0.2, 0.25) is 0 Å². The topological polar surface area (TPSA) is 45.5 Å². The summed E-state index contributed by atoms with van der Waals surface area (Å²) in [7, 11) is 2.21. The standard InChI is InChI=1S/C18H30N2O2/c1-13-14(2)22-15(3)17(13)18(21)19-11-8-12-20(4)16-9-6-5-7-10-16/h16H,5-12H2,1-4H3,(H,19,21). The molecule has 0 bridgehead atoms. The fourth-order valence-electron chi connectivity index (χ4n) is 3.45. The van der Waals surface area contributed by atoms with Gasteiger partial charge in [-0.1, -0.05) is 19.3 Å². The van der Waals surface area contributed by atoms with Crippen molar-refractivity contribution in [3.8, 4) is 0 Å². The van der Waals surface area contributed by atoms with Gasteiger partial charge in [-0.2, -0.15) is 0 Å². The summed E-state index contributed by atoms with van der Waals surface area (Å²) < 4.78 is 5.52. The molecule has 4 nitrogen and oxygen atoms in total. The van der Waals surface area contributed by atoms with Gasteiger partial charge in [-0.3, -0.25) is 4.79 Å². The van der Waals surface area contributed by atoms with Crippen LogP contribution >= 0.6 is 0 Å². The van der Waals surface area contributed by atoms with Crippen molar-refractivity contribution in [2.24, 2.45) is 0 Å². The van der Waals surface area contributed by atoms with Crippen LogP contribution < -0.4 is 5.32 Å². The van der Waals surface area contributed by atoms with Gasteiger partial charge in [-0.15, -0.1) is 0 Å². The zero-order chi connectivity index (χ0) is 16.1. The summed E-state index contributed by atoms with van der Waals surface area (Å²) in [6.07, 6.45) is 7.77. The molecule has 1 aromatic rings. The van der Waals surface area contributed by atoms with Gasteiger partial charge in [-0.25, -0.2) is 0 Å². The first-order chi connectivity index (χ1) is 10.5. The Labute approximate surface area is 134 Å². The summed E-state index contributed by atoms with van der Waals surface area (Å²) in [6, 6.07) is 0.741. The van der Waals surface area contributed by atoms with Gasteiger partial charge < -0.3 is 14.6 Å². The zero-order valence-electron chi connectivity index (χ0n) is 14.5. The molecule has 0 atom stereocenters. The Balaban J connectivity index is 1.73. The number of nitrogens with zero attached hydrogens (tertiary/aromatic N) is 1. The number of furan rings is 1. The van der Waals surface area contributed by atoms with Gasteiger partial charge in [0.25, 0.3) is 5.91 Å². The van der Waals surface area contributed by atoms with Crippen LogP contribution in [0.2, 0.25) is 0 Å². The van der Waals surface area contributed by atoms with Crippen molar-refractivity contribution < 1.29 is 9.21 Å². The molecule has 0 spiro atoms. The van der Waals surface area contributed by atoms with Gasteiger partial charge in [0.1, 0.15) is 11.5 Å². The van der Waals surface area contributed by atoms with E-state index in [1.54, 1.807) is 0 Å². The maximum absolute atomic E-state index is 12.3. The van der Waals surface area contributed by atoms with Crippen molar-refractivity contribution in [2.45, 2.75) is 65.3 Å². The maximum Gasteiger partial charge on any atom is 0.255 e. The van der Waals surface area contributed by atoms with Crippen LogP contribution in [0.15, 0.2) is 4.42 Å². The predicted molar refractivity (Wildman–Crippen MR) is 89.4 cm³/mol. The van der Waals surface area contributed by atoms with E-state index >= 15 is 0 Å². The smallest absolute Gasteiger partial charge is 0.255 e. The van der Waals surface area contributed by atoms with Crippen LogP contribution in [0.4, 0.5) is 0 Å². The lowest BCUT2D eigenvalue weighted by Crippen LogP contribution is -2.36. The van der Waals surface area contributed by atoms with Gasteiger partial charge in [0.15, 0.2) is 0 Å². The highest BCUT2D eigenvalue weighted by molar-refractivity contribution is 5.96. The number of hydrogen-bond acceptors (Lipinski definition) is 3. The van der Waals surface area contributed by atoms with Crippen LogP contribution in [0.1, 0.15) is 66.0 Å². The average molecular weight is 306 g/mol. The highest BCUT2D eigenvalue weighted by Gasteiger charge is 2.19. The van der Waals surface area contributed by atoms with E-state index in [2.05, 4.69) is 17.3 Å². The number of carbonyl (C=O) groups excluding carboxylic acids is 1. The van der Waals surface area contributed by atoms with Gasteiger partial charge in [0, 0.05) is 18.2 Å². The molecule has 4 heteroatoms. The summed E-state index contributed by atoms with van der Waals surface area (Å²) in [4.78, 5) is 14.7. The molecule has 1 aliphatic carbocycles. The minimum atomic E-state index is -0.00725. The van der Waals surface area contributed by atoms with Crippen molar-refractivity contribution in [1.29, 1.82) is 0 Å². The molecule has 1 heterocycles. The molecule has 1 saturated carbocycles. The van der Waals surface area contributed by atoms with E-state index in [1.807, 2.05) is 20.8 Å². The highest BCUT2D eigenvalue weighted by Crippen LogP contribution is 2.22. The van der Waals surface area contributed by atoms with E-state index in [1.165, 1.54) is 32.1 Å². The molecule has 1 amide bonds. The van der Waals surface area contributed by atoms with Crippen molar-refractivity contribution in [3.63, 3.8) is 0 Å². The second-order valence-corrected chi connectivity index (χ2v) is 6.60. The number of amides is 1. The number of carbonyl (C=O) groups is 1. The second kappa shape index (κ2) is 7.82. The largest absolute Gasteiger partial charge is 0.466 e. The minimum Gasteiger partial charge on any atom is -0.466 e. The van der Waals surface area contributed by atoms with Crippen molar-refractivity contribution in [1.82, 2.24) is 10.2 Å². The first-order valence-electron chi connectivity index (χ1n) is 8.55. The van der Waals surface area contributed by atoms with E-state index in [9.17, 15) is 4.79 Å². The van der Waals surface area contributed by atoms with Crippen LogP contribution in [-0.4, -0.2) is 37.0 Å². The maximum atomic E-state index is 12.3. The molecule has 22 heavy (non-hydrogen) atoms. The summed E-state index contributed by atoms with van der Waals surface area (Å²) in [5.41, 5.74) is 1.66. The second-order valence-electron chi connectivity index (χ2n) is 6.60. The molecule has 0 radical (unpaired) electrons. The molecule has 1 aromatic heterocycles. The number of nitrogens with one attached hydrogen (secondary N) is 1. The van der Waals surface area contributed by atoms with Crippen molar-refractivity contribution >= 4 is 5.91 Å². The van der Waals surface area contributed by atoms with E-state index in [-0.39, 0.29) is 5.91 Å². The third-order valence-corrected chi connectivity index (χ3v) is 4.96. The van der Waals surface area contributed by atoms with Crippen LogP contribution in [0.5, 0.6) is 0 Å². The first-order valence-corrected chi connectivity index (χ1v) is 8.55. The molecule has 1 fully saturated rings. The van der Waals surface area contributed by atoms with Gasteiger partial charge in [0.05, 0.1) is 5.56 Å². The van der Waals surface area contributed by atoms with E-state index in [0.29, 0.717) is 11.3 Å². The van der Waals surface area contributed by atoms with Gasteiger partial charge in [-0.05, 0) is 53.6 Å². The van der Waals surface area contributed by atoms with Crippen LogP contribution in [0, 0.1) is 20.8 Å². The minimum absolute atomic E-state index is 0.00725. The van der Waals surface area contributed by atoms with Gasteiger partial charge >= 0.3 is 0 Å². The SMILES string of the molecule is Cc1oc(C)c(C(=O)NCCCN(C)C2CCCCC2)c1C. The summed E-state index contributed by atoms with van der Waals surface area (Å²) >= 11 is 0.